The summed E-state index contributed by atoms with van der Waals surface area (Å²) in [5.41, 5.74) is 18.7. The van der Waals surface area contributed by atoms with Crippen molar-refractivity contribution in [2.45, 2.75) is 36.6 Å². The summed E-state index contributed by atoms with van der Waals surface area (Å²) in [4.78, 5) is 9.22. The molecule has 0 bridgehead atoms. The Bertz CT molecular complexity index is 73.8. The number of nitrogens with two attached hydrogens (primary N) is 4. The lowest BCUT2D eigenvalue weighted by atomic mass is 10.8. The van der Waals surface area contributed by atoms with Gasteiger partial charge in [0.05, 0.1) is 6.73 Å². The van der Waals surface area contributed by atoms with Gasteiger partial charge < -0.3 is 33.0 Å². The number of primary amides is 1. The Morgan fingerprint density at radius 1 is 1.11 bits per heavy atom. The van der Waals surface area contributed by atoms with Gasteiger partial charge in [0.1, 0.15) is 0 Å². The molecule has 1 amide bonds. The zero-order chi connectivity index (χ0) is 12.4. The van der Waals surface area contributed by atoms with Crippen LogP contribution in [0.1, 0.15) is 36.6 Å². The molecular formula is C11H41N5O2. The van der Waals surface area contributed by atoms with Crippen LogP contribution < -0.4 is 28.3 Å². The first-order chi connectivity index (χ1) is 6.56. The van der Waals surface area contributed by atoms with Gasteiger partial charge in [-0.2, -0.15) is 0 Å². The molecule has 7 nitrogen and oxygen atoms in total. The van der Waals surface area contributed by atoms with Crippen molar-refractivity contribution in [3.8, 4) is 0 Å². The van der Waals surface area contributed by atoms with E-state index in [4.69, 9.17) is 11.5 Å². The summed E-state index contributed by atoms with van der Waals surface area (Å²) in [6.07, 6.45) is 0. The van der Waals surface area contributed by atoms with Gasteiger partial charge >= 0.3 is 0 Å². The Labute approximate surface area is 116 Å². The van der Waals surface area contributed by atoms with Crippen LogP contribution >= 0.6 is 0 Å². The number of carbonyl (C=O) groups excluding carboxylic acids is 1. The lowest BCUT2D eigenvalue weighted by Crippen LogP contribution is -2.15. The van der Waals surface area contributed by atoms with Gasteiger partial charge in [-0.25, -0.2) is 0 Å². The first-order valence-corrected chi connectivity index (χ1v) is 3.94. The zero-order valence-corrected chi connectivity index (χ0v) is 9.54. The molecule has 0 rings (SSSR count). The van der Waals surface area contributed by atoms with E-state index in [2.05, 4.69) is 21.5 Å². The molecule has 0 aliphatic rings. The highest BCUT2D eigenvalue weighted by Gasteiger charge is 1.61. The van der Waals surface area contributed by atoms with Crippen molar-refractivity contribution in [3.63, 3.8) is 0 Å². The third-order valence-electron chi connectivity index (χ3n) is 0.371. The smallest absolute Gasteiger partial charge is 0.214 e. The van der Waals surface area contributed by atoms with Gasteiger partial charge in [-0.05, 0) is 14.1 Å². The summed E-state index contributed by atoms with van der Waals surface area (Å²) in [6, 6.07) is 0. The van der Waals surface area contributed by atoms with Gasteiger partial charge in [-0.15, -0.1) is 0 Å². The number of ether oxygens (including phenoxy) is 1. The highest BCUT2D eigenvalue weighted by atomic mass is 16.5. The van der Waals surface area contributed by atoms with Crippen LogP contribution in [0.15, 0.2) is 0 Å². The maximum atomic E-state index is 9.22. The fourth-order valence-corrected chi connectivity index (χ4v) is 0. The summed E-state index contributed by atoms with van der Waals surface area (Å²) in [7, 11) is 4.86. The molecule has 0 aromatic rings. The number of hydrogen-bond donors (Lipinski definition) is 5. The Morgan fingerprint density at radius 3 is 1.22 bits per heavy atom. The van der Waals surface area contributed by atoms with E-state index in [1.165, 1.54) is 14.0 Å². The van der Waals surface area contributed by atoms with Gasteiger partial charge in [0.25, 0.3) is 0 Å². The van der Waals surface area contributed by atoms with Crippen molar-refractivity contribution in [2.75, 3.05) is 34.6 Å². The summed E-state index contributed by atoms with van der Waals surface area (Å²) < 4.78 is 4.32. The first kappa shape index (κ1) is 53.2. The largest absolute Gasteiger partial charge is 0.370 e. The maximum absolute atomic E-state index is 9.22. The van der Waals surface area contributed by atoms with Crippen LogP contribution in [0.25, 0.3) is 0 Å². The van der Waals surface area contributed by atoms with E-state index in [-0.39, 0.29) is 35.6 Å². The second-order valence-corrected chi connectivity index (χ2v) is 1.62. The van der Waals surface area contributed by atoms with Crippen molar-refractivity contribution in [1.29, 1.82) is 0 Å². The molecule has 0 unspecified atom stereocenters. The Hall–Kier alpha value is -0.730. The average Bonchev–Trinajstić information content (AvgIpc) is 2.20. The number of hydrogen-bond acceptors (Lipinski definition) is 6. The standard InChI is InChI=1S/C2H8N2.C2H7NO.C2H5NO.CH5N.4CH4/c2*1-4-2-3;1-2(3)4;1-2;;;;/h4H,2-3H2,1H3;2-3H2,1H3;1H3,(H2,3,4);2H2,1H3;4*1H4. The molecule has 9 N–H and O–H groups in total. The highest BCUT2D eigenvalue weighted by molar-refractivity contribution is 5.70. The Kier molecular flexibility index (Phi) is 285. The second kappa shape index (κ2) is 96.5. The predicted molar refractivity (Wildman–Crippen MR) is 86.1 cm³/mol. The van der Waals surface area contributed by atoms with E-state index < -0.39 is 0 Å². The van der Waals surface area contributed by atoms with Gasteiger partial charge in [0.2, 0.25) is 5.91 Å². The molecular weight excluding hydrogens is 234 g/mol. The zero-order valence-electron chi connectivity index (χ0n) is 9.54. The Morgan fingerprint density at radius 2 is 1.22 bits per heavy atom. The summed E-state index contributed by atoms with van der Waals surface area (Å²) in [5.74, 6) is -0.333. The van der Waals surface area contributed by atoms with Crippen LogP contribution in [-0.2, 0) is 9.53 Å². The minimum Gasteiger partial charge on any atom is -0.370 e. The van der Waals surface area contributed by atoms with Gasteiger partial charge in [-0.3, -0.25) is 4.79 Å². The molecule has 0 aliphatic carbocycles. The van der Waals surface area contributed by atoms with Crippen LogP contribution in [0.3, 0.4) is 0 Å². The average molecular weight is 275 g/mol. The molecule has 0 fully saturated rings. The molecule has 7 heteroatoms. The normalized spacial score (nSPS) is 5.06. The van der Waals surface area contributed by atoms with Crippen LogP contribution in [0.5, 0.6) is 0 Å². The van der Waals surface area contributed by atoms with Crippen molar-refractivity contribution >= 4 is 5.91 Å². The topological polar surface area (TPSA) is 142 Å². The lowest BCUT2D eigenvalue weighted by molar-refractivity contribution is -0.115. The predicted octanol–water partition coefficient (Wildman–Crippen LogP) is 0.282. The van der Waals surface area contributed by atoms with Gasteiger partial charge in [0.15, 0.2) is 0 Å². The number of rotatable bonds is 2. The monoisotopic (exact) mass is 275 g/mol. The fraction of sp³-hybridized carbons (Fsp3) is 0.909. The SMILES string of the molecule is C.C.C.C.CC(N)=O.CN.CNCN.COCN. The number of methoxy groups -OCH3 is 1. The van der Waals surface area contributed by atoms with E-state index in [1.807, 2.05) is 0 Å². The second-order valence-electron chi connectivity index (χ2n) is 1.62. The summed E-state index contributed by atoms with van der Waals surface area (Å²) in [5, 5.41) is 2.71. The summed E-state index contributed by atoms with van der Waals surface area (Å²) >= 11 is 0. The fourth-order valence-electron chi connectivity index (χ4n) is 0. The molecule has 0 saturated carbocycles. The van der Waals surface area contributed by atoms with Crippen molar-refractivity contribution < 1.29 is 9.53 Å². The van der Waals surface area contributed by atoms with E-state index in [1.54, 1.807) is 14.2 Å². The molecule has 0 heterocycles. The maximum Gasteiger partial charge on any atom is 0.214 e. The van der Waals surface area contributed by atoms with Crippen molar-refractivity contribution in [3.05, 3.63) is 0 Å². The van der Waals surface area contributed by atoms with Gasteiger partial charge in [-0.1, -0.05) is 29.7 Å². The van der Waals surface area contributed by atoms with Crippen molar-refractivity contribution in [1.82, 2.24) is 5.32 Å². The highest BCUT2D eigenvalue weighted by Crippen LogP contribution is 1.40. The van der Waals surface area contributed by atoms with Crippen LogP contribution in [0.2, 0.25) is 0 Å². The van der Waals surface area contributed by atoms with Crippen LogP contribution in [-0.4, -0.2) is 40.5 Å². The Balaban J connectivity index is -0.0000000118. The number of amides is 1. The first-order valence-electron chi connectivity index (χ1n) is 3.94. The summed E-state index contributed by atoms with van der Waals surface area (Å²) in [6.45, 7) is 2.19. The van der Waals surface area contributed by atoms with Crippen molar-refractivity contribution in [2.24, 2.45) is 22.9 Å². The third kappa shape index (κ3) is 1930. The minimum absolute atomic E-state index is 0. The van der Waals surface area contributed by atoms with E-state index in [9.17, 15) is 4.79 Å². The molecule has 0 saturated heterocycles. The number of carbonyl (C=O) groups is 1. The molecule has 18 heavy (non-hydrogen) atoms. The number of nitrogens with one attached hydrogen (secondary N) is 1. The third-order valence-corrected chi connectivity index (χ3v) is 0.371. The van der Waals surface area contributed by atoms with E-state index >= 15 is 0 Å². The lowest BCUT2D eigenvalue weighted by Gasteiger charge is -1.77. The quantitative estimate of drug-likeness (QED) is 0.458. The minimum atomic E-state index is -0.333. The molecule has 0 aliphatic heterocycles. The molecule has 0 spiro atoms. The molecule has 0 aromatic heterocycles. The van der Waals surface area contributed by atoms with Gasteiger partial charge in [0, 0.05) is 20.7 Å². The van der Waals surface area contributed by atoms with Crippen LogP contribution in [0, 0.1) is 0 Å². The van der Waals surface area contributed by atoms with E-state index in [0.717, 1.165) is 0 Å². The molecule has 0 radical (unpaired) electrons. The van der Waals surface area contributed by atoms with E-state index in [0.29, 0.717) is 13.4 Å². The molecule has 0 atom stereocenters. The van der Waals surface area contributed by atoms with Crippen LogP contribution in [0.4, 0.5) is 0 Å². The molecule has 0 aromatic carbocycles. The molecule has 122 valence electrons.